The van der Waals surface area contributed by atoms with Crippen molar-refractivity contribution < 1.29 is 23.1 Å². The van der Waals surface area contributed by atoms with Crippen LogP contribution in [0.5, 0.6) is 0 Å². The molecule has 0 aliphatic carbocycles. The summed E-state index contributed by atoms with van der Waals surface area (Å²) < 4.78 is 26.2. The Morgan fingerprint density at radius 2 is 1.43 bits per heavy atom. The summed E-state index contributed by atoms with van der Waals surface area (Å²) >= 11 is 12.4. The molecule has 4 rings (SSSR count). The minimum absolute atomic E-state index is 0.00331. The number of para-hydroxylation sites is 1. The van der Waals surface area contributed by atoms with Gasteiger partial charge in [-0.2, -0.15) is 0 Å². The highest BCUT2D eigenvalue weighted by molar-refractivity contribution is 7.91. The average Bonchev–Trinajstić information content (AvgIpc) is 2.94. The van der Waals surface area contributed by atoms with Crippen LogP contribution in [0.25, 0.3) is 0 Å². The molecule has 8 nitrogen and oxygen atoms in total. The summed E-state index contributed by atoms with van der Waals surface area (Å²) in [5, 5.41) is 18.9. The molecule has 0 spiro atoms. The van der Waals surface area contributed by atoms with Crippen LogP contribution in [0.2, 0.25) is 10.0 Å². The van der Waals surface area contributed by atoms with E-state index in [0.717, 1.165) is 11.3 Å². The van der Waals surface area contributed by atoms with E-state index in [9.17, 15) is 23.1 Å². The third kappa shape index (κ3) is 7.12. The smallest absolute Gasteiger partial charge is 0.326 e. The van der Waals surface area contributed by atoms with E-state index in [1.54, 1.807) is 72.8 Å². The van der Waals surface area contributed by atoms with Gasteiger partial charge in [0.15, 0.2) is 0 Å². The standard InChI is InChI=1S/C29H25Cl2N3O5S/c30-23-9-6-10-24(31)22(23)18-32-20-15-13-19(14-16-20)17-26(28(35)36)34-29(37)33-25-11-4-5-12-27(25)40(38,39)21-7-2-1-3-8-21/h1-16,26,32H,17-18H2,(H,35,36)(H2,33,34,37)/t26-/m0/s1. The zero-order valence-electron chi connectivity index (χ0n) is 21.0. The van der Waals surface area contributed by atoms with E-state index in [1.165, 1.54) is 24.3 Å². The molecule has 0 aromatic heterocycles. The van der Waals surface area contributed by atoms with Crippen LogP contribution in [0.4, 0.5) is 16.2 Å². The number of nitrogens with one attached hydrogen (secondary N) is 3. The predicted octanol–water partition coefficient (Wildman–Crippen LogP) is 6.26. The normalized spacial score (nSPS) is 11.8. The molecule has 0 bridgehead atoms. The Bertz CT molecular complexity index is 1590. The Balaban J connectivity index is 1.41. The monoisotopic (exact) mass is 597 g/mol. The summed E-state index contributed by atoms with van der Waals surface area (Å²) in [6, 6.07) is 24.0. The number of anilines is 2. The van der Waals surface area contributed by atoms with Crippen molar-refractivity contribution in [3.63, 3.8) is 0 Å². The van der Waals surface area contributed by atoms with Crippen molar-refractivity contribution in [3.8, 4) is 0 Å². The maximum absolute atomic E-state index is 13.1. The molecule has 0 aliphatic rings. The van der Waals surface area contributed by atoms with Crippen LogP contribution < -0.4 is 16.0 Å². The first-order chi connectivity index (χ1) is 19.1. The molecule has 11 heteroatoms. The number of benzene rings is 4. The fourth-order valence-corrected chi connectivity index (χ4v) is 5.90. The van der Waals surface area contributed by atoms with Gasteiger partial charge in [-0.25, -0.2) is 18.0 Å². The van der Waals surface area contributed by atoms with Gasteiger partial charge in [-0.3, -0.25) is 0 Å². The summed E-state index contributed by atoms with van der Waals surface area (Å²) in [7, 11) is -3.92. The van der Waals surface area contributed by atoms with Gasteiger partial charge >= 0.3 is 12.0 Å². The number of halogens is 2. The second-order valence-electron chi connectivity index (χ2n) is 8.76. The fraction of sp³-hybridized carbons (Fsp3) is 0.103. The number of carbonyl (C=O) groups excluding carboxylic acids is 1. The number of aliphatic carboxylic acids is 1. The van der Waals surface area contributed by atoms with Gasteiger partial charge in [0, 0.05) is 34.3 Å². The topological polar surface area (TPSA) is 125 Å². The zero-order chi connectivity index (χ0) is 28.7. The van der Waals surface area contributed by atoms with Crippen LogP contribution in [0, 0.1) is 0 Å². The number of carbonyl (C=O) groups is 2. The van der Waals surface area contributed by atoms with Gasteiger partial charge in [-0.15, -0.1) is 0 Å². The molecule has 0 saturated heterocycles. The Morgan fingerprint density at radius 3 is 2.08 bits per heavy atom. The van der Waals surface area contributed by atoms with Gasteiger partial charge in [0.1, 0.15) is 6.04 Å². The van der Waals surface area contributed by atoms with Crippen LogP contribution in [0.3, 0.4) is 0 Å². The lowest BCUT2D eigenvalue weighted by atomic mass is 10.1. The maximum Gasteiger partial charge on any atom is 0.326 e. The number of sulfone groups is 1. The minimum Gasteiger partial charge on any atom is -0.480 e. The number of hydrogen-bond donors (Lipinski definition) is 4. The van der Waals surface area contributed by atoms with Gasteiger partial charge in [0.05, 0.1) is 15.5 Å². The molecule has 40 heavy (non-hydrogen) atoms. The van der Waals surface area contributed by atoms with Gasteiger partial charge in [0.2, 0.25) is 9.84 Å². The Kier molecular flexibility index (Phi) is 9.31. The minimum atomic E-state index is -3.92. The largest absolute Gasteiger partial charge is 0.480 e. The average molecular weight is 599 g/mol. The number of urea groups is 1. The van der Waals surface area contributed by atoms with Crippen LogP contribution >= 0.6 is 23.2 Å². The van der Waals surface area contributed by atoms with Crippen molar-refractivity contribution in [2.45, 2.75) is 28.8 Å². The molecule has 1 atom stereocenters. The molecule has 4 aromatic rings. The number of rotatable bonds is 10. The van der Waals surface area contributed by atoms with Crippen molar-refractivity contribution in [2.24, 2.45) is 0 Å². The highest BCUT2D eigenvalue weighted by Gasteiger charge is 2.24. The van der Waals surface area contributed by atoms with Crippen molar-refractivity contribution >= 4 is 56.4 Å². The first kappa shape index (κ1) is 28.9. The third-order valence-corrected chi connectivity index (χ3v) is 8.54. The van der Waals surface area contributed by atoms with Gasteiger partial charge < -0.3 is 21.1 Å². The summed E-state index contributed by atoms with van der Waals surface area (Å²) in [4.78, 5) is 24.6. The molecule has 0 aliphatic heterocycles. The molecular weight excluding hydrogens is 573 g/mol. The van der Waals surface area contributed by atoms with Crippen molar-refractivity contribution in [1.82, 2.24) is 5.32 Å². The van der Waals surface area contributed by atoms with Crippen molar-refractivity contribution in [2.75, 3.05) is 10.6 Å². The Morgan fingerprint density at radius 1 is 0.800 bits per heavy atom. The Labute approximate surface area is 241 Å². The molecule has 206 valence electrons. The van der Waals surface area contributed by atoms with E-state index >= 15 is 0 Å². The first-order valence-electron chi connectivity index (χ1n) is 12.1. The van der Waals surface area contributed by atoms with E-state index in [2.05, 4.69) is 16.0 Å². The predicted molar refractivity (Wildman–Crippen MR) is 156 cm³/mol. The molecular formula is C29H25Cl2N3O5S. The van der Waals surface area contributed by atoms with Crippen LogP contribution in [-0.4, -0.2) is 31.6 Å². The molecule has 0 fully saturated rings. The van der Waals surface area contributed by atoms with Gasteiger partial charge in [-0.1, -0.05) is 71.7 Å². The lowest BCUT2D eigenvalue weighted by Crippen LogP contribution is -2.44. The molecule has 2 amide bonds. The number of carboxylic acids is 1. The maximum atomic E-state index is 13.1. The fourth-order valence-electron chi connectivity index (χ4n) is 3.93. The summed E-state index contributed by atoms with van der Waals surface area (Å²) in [5.74, 6) is -1.24. The second kappa shape index (κ2) is 12.9. The molecule has 0 unspecified atom stereocenters. The lowest BCUT2D eigenvalue weighted by molar-refractivity contribution is -0.139. The SMILES string of the molecule is O=C(Nc1ccccc1S(=O)(=O)c1ccccc1)N[C@@H](Cc1ccc(NCc2c(Cl)cccc2Cl)cc1)C(=O)O. The van der Waals surface area contributed by atoms with Crippen LogP contribution in [0.1, 0.15) is 11.1 Å². The van der Waals surface area contributed by atoms with Gasteiger partial charge in [0.25, 0.3) is 0 Å². The van der Waals surface area contributed by atoms with E-state index in [4.69, 9.17) is 23.2 Å². The van der Waals surface area contributed by atoms with E-state index in [0.29, 0.717) is 22.2 Å². The summed E-state index contributed by atoms with van der Waals surface area (Å²) in [5.41, 5.74) is 2.23. The number of amides is 2. The summed E-state index contributed by atoms with van der Waals surface area (Å²) in [6.45, 7) is 0.402. The summed E-state index contributed by atoms with van der Waals surface area (Å²) in [6.07, 6.45) is 0.00331. The van der Waals surface area contributed by atoms with Crippen molar-refractivity contribution in [3.05, 3.63) is 118 Å². The Hall–Kier alpha value is -4.05. The highest BCUT2D eigenvalue weighted by Crippen LogP contribution is 2.28. The zero-order valence-corrected chi connectivity index (χ0v) is 23.3. The van der Waals surface area contributed by atoms with Crippen LogP contribution in [-0.2, 0) is 27.6 Å². The molecule has 0 heterocycles. The first-order valence-corrected chi connectivity index (χ1v) is 14.3. The lowest BCUT2D eigenvalue weighted by Gasteiger charge is -2.17. The van der Waals surface area contributed by atoms with Crippen molar-refractivity contribution in [1.29, 1.82) is 0 Å². The van der Waals surface area contributed by atoms with E-state index in [1.807, 2.05) is 0 Å². The van der Waals surface area contributed by atoms with Gasteiger partial charge in [-0.05, 0) is 54.1 Å². The highest BCUT2D eigenvalue weighted by atomic mass is 35.5. The van der Waals surface area contributed by atoms with Crippen LogP contribution in [0.15, 0.2) is 107 Å². The third-order valence-electron chi connectivity index (χ3n) is 6.01. The molecule has 0 saturated carbocycles. The van der Waals surface area contributed by atoms with E-state index < -0.39 is 27.9 Å². The number of hydrogen-bond acceptors (Lipinski definition) is 5. The molecule has 0 radical (unpaired) electrons. The number of carboxylic acid groups (broad SMARTS) is 1. The van der Waals surface area contributed by atoms with E-state index in [-0.39, 0.29) is 21.9 Å². The molecule has 4 N–H and O–H groups in total. The molecule has 4 aromatic carbocycles. The quantitative estimate of drug-likeness (QED) is 0.171. The second-order valence-corrected chi connectivity index (χ2v) is 11.5.